The number of hydrogen-bond donors (Lipinski definition) is 1. The van der Waals surface area contributed by atoms with Gasteiger partial charge in [0, 0.05) is 80.9 Å². The first-order valence-electron chi connectivity index (χ1n) is 11.4. The summed E-state index contributed by atoms with van der Waals surface area (Å²) in [4.78, 5) is 32.5. The normalized spacial score (nSPS) is 20.3. The van der Waals surface area contributed by atoms with Gasteiger partial charge < -0.3 is 24.9 Å². The van der Waals surface area contributed by atoms with E-state index in [-0.39, 0.29) is 24.0 Å². The van der Waals surface area contributed by atoms with Gasteiger partial charge in [-0.05, 0) is 55.8 Å². The first-order valence-corrected chi connectivity index (χ1v) is 11.8. The van der Waals surface area contributed by atoms with Crippen LogP contribution in [-0.4, -0.2) is 68.1 Å². The molecule has 0 aromatic heterocycles. The maximum absolute atomic E-state index is 12.5. The summed E-state index contributed by atoms with van der Waals surface area (Å²) >= 11 is 6.06. The van der Waals surface area contributed by atoms with Gasteiger partial charge in [-0.3, -0.25) is 4.79 Å². The van der Waals surface area contributed by atoms with Crippen LogP contribution in [0.15, 0.2) is 42.5 Å². The van der Waals surface area contributed by atoms with Gasteiger partial charge >= 0.3 is 6.03 Å². The predicted octanol–water partition coefficient (Wildman–Crippen LogP) is 4.44. The van der Waals surface area contributed by atoms with Crippen molar-refractivity contribution >= 4 is 40.6 Å². The SMILES string of the molecule is CC(=O)N1c2ccc(N3CCN(C(=O)N(C)C)CC3)cc2C(Nc2ccc(Cl)cc2)CC1C. The van der Waals surface area contributed by atoms with Crippen LogP contribution >= 0.6 is 11.6 Å². The Morgan fingerprint density at radius 1 is 1.03 bits per heavy atom. The zero-order chi connectivity index (χ0) is 23.7. The second kappa shape index (κ2) is 9.51. The summed E-state index contributed by atoms with van der Waals surface area (Å²) in [6.45, 7) is 6.66. The van der Waals surface area contributed by atoms with Crippen LogP contribution < -0.4 is 15.1 Å². The number of piperazine rings is 1. The standard InChI is InChI=1S/C25H32ClN5O2/c1-17-15-23(27-20-7-5-19(26)6-8-20)22-16-21(9-10-24(22)31(17)18(2)32)29-11-13-30(14-12-29)25(33)28(3)4/h5-10,16-17,23,27H,11-15H2,1-4H3. The Kier molecular flexibility index (Phi) is 6.70. The Hall–Kier alpha value is -2.93. The highest BCUT2D eigenvalue weighted by Crippen LogP contribution is 2.41. The number of carbonyl (C=O) groups is 2. The van der Waals surface area contributed by atoms with Gasteiger partial charge in [0.1, 0.15) is 0 Å². The van der Waals surface area contributed by atoms with Crippen LogP contribution in [0.25, 0.3) is 0 Å². The molecule has 1 fully saturated rings. The molecule has 2 aliphatic heterocycles. The molecule has 1 N–H and O–H groups in total. The Morgan fingerprint density at radius 3 is 2.30 bits per heavy atom. The van der Waals surface area contributed by atoms with Gasteiger partial charge in [-0.25, -0.2) is 4.79 Å². The summed E-state index contributed by atoms with van der Waals surface area (Å²) in [6.07, 6.45) is 0.809. The Balaban J connectivity index is 1.60. The average Bonchev–Trinajstić information content (AvgIpc) is 2.79. The van der Waals surface area contributed by atoms with Gasteiger partial charge in [0.2, 0.25) is 5.91 Å². The number of anilines is 3. The van der Waals surface area contributed by atoms with E-state index in [0.717, 1.165) is 42.1 Å². The molecule has 2 heterocycles. The number of fused-ring (bicyclic) bond motifs is 1. The van der Waals surface area contributed by atoms with Gasteiger partial charge in [-0.15, -0.1) is 0 Å². The fourth-order valence-electron chi connectivity index (χ4n) is 4.85. The molecule has 2 aromatic carbocycles. The molecule has 8 heteroatoms. The van der Waals surface area contributed by atoms with Crippen LogP contribution in [0.1, 0.15) is 31.9 Å². The highest BCUT2D eigenvalue weighted by molar-refractivity contribution is 6.30. The third-order valence-corrected chi connectivity index (χ3v) is 6.74. The molecule has 2 atom stereocenters. The molecule has 0 bridgehead atoms. The Bertz CT molecular complexity index is 1020. The molecule has 2 unspecified atom stereocenters. The predicted molar refractivity (Wildman–Crippen MR) is 134 cm³/mol. The van der Waals surface area contributed by atoms with Crippen LogP contribution in [0.4, 0.5) is 21.9 Å². The fraction of sp³-hybridized carbons (Fsp3) is 0.440. The number of halogens is 1. The molecule has 0 radical (unpaired) electrons. The lowest BCUT2D eigenvalue weighted by Crippen LogP contribution is -2.51. The molecule has 33 heavy (non-hydrogen) atoms. The maximum Gasteiger partial charge on any atom is 0.319 e. The van der Waals surface area contributed by atoms with Crippen LogP contribution in [0, 0.1) is 0 Å². The van der Waals surface area contributed by atoms with Crippen molar-refractivity contribution in [3.8, 4) is 0 Å². The van der Waals surface area contributed by atoms with Gasteiger partial charge in [-0.1, -0.05) is 11.6 Å². The van der Waals surface area contributed by atoms with E-state index >= 15 is 0 Å². The molecule has 7 nitrogen and oxygen atoms in total. The van der Waals surface area contributed by atoms with Crippen molar-refractivity contribution in [2.75, 3.05) is 55.4 Å². The zero-order valence-electron chi connectivity index (χ0n) is 19.7. The van der Waals surface area contributed by atoms with Crippen molar-refractivity contribution in [3.63, 3.8) is 0 Å². The zero-order valence-corrected chi connectivity index (χ0v) is 20.5. The summed E-state index contributed by atoms with van der Waals surface area (Å²) in [7, 11) is 3.57. The van der Waals surface area contributed by atoms with E-state index in [1.165, 1.54) is 0 Å². The molecule has 176 valence electrons. The highest BCUT2D eigenvalue weighted by atomic mass is 35.5. The maximum atomic E-state index is 12.5. The van der Waals surface area contributed by atoms with E-state index in [1.807, 2.05) is 34.1 Å². The largest absolute Gasteiger partial charge is 0.378 e. The van der Waals surface area contributed by atoms with E-state index in [1.54, 1.807) is 25.9 Å². The lowest BCUT2D eigenvalue weighted by Gasteiger charge is -2.41. The molecule has 2 aliphatic rings. The molecular weight excluding hydrogens is 438 g/mol. The lowest BCUT2D eigenvalue weighted by atomic mass is 9.90. The quantitative estimate of drug-likeness (QED) is 0.721. The number of nitrogens with zero attached hydrogens (tertiary/aromatic N) is 4. The fourth-order valence-corrected chi connectivity index (χ4v) is 4.98. The summed E-state index contributed by atoms with van der Waals surface area (Å²) in [6, 6.07) is 14.3. The average molecular weight is 470 g/mol. The van der Waals surface area contributed by atoms with Crippen LogP contribution in [-0.2, 0) is 4.79 Å². The molecule has 0 saturated carbocycles. The van der Waals surface area contributed by atoms with Crippen molar-refractivity contribution in [2.45, 2.75) is 32.4 Å². The first kappa shape index (κ1) is 23.2. The van der Waals surface area contributed by atoms with Crippen molar-refractivity contribution in [3.05, 3.63) is 53.1 Å². The van der Waals surface area contributed by atoms with Crippen molar-refractivity contribution in [1.82, 2.24) is 9.80 Å². The van der Waals surface area contributed by atoms with Crippen molar-refractivity contribution in [2.24, 2.45) is 0 Å². The van der Waals surface area contributed by atoms with Crippen LogP contribution in [0.2, 0.25) is 5.02 Å². The number of urea groups is 1. The highest BCUT2D eigenvalue weighted by Gasteiger charge is 2.33. The van der Waals surface area contributed by atoms with Crippen molar-refractivity contribution < 1.29 is 9.59 Å². The monoisotopic (exact) mass is 469 g/mol. The van der Waals surface area contributed by atoms with E-state index in [0.29, 0.717) is 18.1 Å². The van der Waals surface area contributed by atoms with Gasteiger partial charge in [-0.2, -0.15) is 0 Å². The third-order valence-electron chi connectivity index (χ3n) is 6.49. The minimum Gasteiger partial charge on any atom is -0.378 e. The number of carbonyl (C=O) groups excluding carboxylic acids is 2. The van der Waals surface area contributed by atoms with Gasteiger partial charge in [0.15, 0.2) is 0 Å². The van der Waals surface area contributed by atoms with E-state index in [4.69, 9.17) is 11.6 Å². The van der Waals surface area contributed by atoms with E-state index in [9.17, 15) is 9.59 Å². The third kappa shape index (κ3) is 4.88. The van der Waals surface area contributed by atoms with E-state index < -0.39 is 0 Å². The summed E-state index contributed by atoms with van der Waals surface area (Å²) in [5.41, 5.74) is 4.19. The number of hydrogen-bond acceptors (Lipinski definition) is 4. The lowest BCUT2D eigenvalue weighted by molar-refractivity contribution is -0.117. The van der Waals surface area contributed by atoms with Gasteiger partial charge in [0.25, 0.3) is 0 Å². The summed E-state index contributed by atoms with van der Waals surface area (Å²) < 4.78 is 0. The van der Waals surface area contributed by atoms with Crippen LogP contribution in [0.3, 0.4) is 0 Å². The first-order chi connectivity index (χ1) is 15.7. The molecule has 4 rings (SSSR count). The molecule has 2 aromatic rings. The minimum atomic E-state index is 0.0530. The summed E-state index contributed by atoms with van der Waals surface area (Å²) in [5.74, 6) is 0.0530. The number of nitrogens with one attached hydrogen (secondary N) is 1. The van der Waals surface area contributed by atoms with Crippen LogP contribution in [0.5, 0.6) is 0 Å². The second-order valence-corrected chi connectivity index (χ2v) is 9.51. The molecule has 3 amide bonds. The molecule has 0 aliphatic carbocycles. The molecule has 0 spiro atoms. The number of amides is 3. The summed E-state index contributed by atoms with van der Waals surface area (Å²) in [5, 5.41) is 4.35. The Morgan fingerprint density at radius 2 is 1.70 bits per heavy atom. The number of rotatable bonds is 3. The van der Waals surface area contributed by atoms with Crippen molar-refractivity contribution in [1.29, 1.82) is 0 Å². The minimum absolute atomic E-state index is 0.0530. The molecular formula is C25H32ClN5O2. The van der Waals surface area contributed by atoms with Gasteiger partial charge in [0.05, 0.1) is 6.04 Å². The molecule has 1 saturated heterocycles. The smallest absolute Gasteiger partial charge is 0.319 e. The topological polar surface area (TPSA) is 59.1 Å². The Labute approximate surface area is 200 Å². The number of benzene rings is 2. The van der Waals surface area contributed by atoms with E-state index in [2.05, 4.69) is 35.3 Å². The second-order valence-electron chi connectivity index (χ2n) is 9.07.